The average molecular weight is 338 g/mol. The molecule has 1 aliphatic heterocycles. The van der Waals surface area contributed by atoms with Gasteiger partial charge in [-0.2, -0.15) is 5.10 Å². The van der Waals surface area contributed by atoms with Crippen LogP contribution in [-0.4, -0.2) is 45.1 Å². The second-order valence-corrected chi connectivity index (χ2v) is 6.12. The zero-order chi connectivity index (χ0) is 17.2. The topological polar surface area (TPSA) is 107 Å². The van der Waals surface area contributed by atoms with Crippen molar-refractivity contribution in [1.29, 1.82) is 0 Å². The van der Waals surface area contributed by atoms with E-state index in [0.29, 0.717) is 25.3 Å². The second kappa shape index (κ2) is 6.39. The highest BCUT2D eigenvalue weighted by Gasteiger charge is 2.36. The van der Waals surface area contributed by atoms with E-state index in [0.717, 1.165) is 16.6 Å². The number of H-pyrrole nitrogens is 2. The number of benzene rings is 1. The molecule has 0 spiro atoms. The molecule has 128 valence electrons. The van der Waals surface area contributed by atoms with Crippen LogP contribution in [0.5, 0.6) is 0 Å². The third-order valence-corrected chi connectivity index (χ3v) is 4.45. The van der Waals surface area contributed by atoms with Gasteiger partial charge in [-0.05, 0) is 12.1 Å². The fourth-order valence-corrected chi connectivity index (χ4v) is 3.13. The number of hydrogen-bond acceptors (Lipinski definition) is 4. The molecule has 1 atom stereocenters. The smallest absolute Gasteiger partial charge is 0.229 e. The van der Waals surface area contributed by atoms with E-state index in [9.17, 15) is 9.59 Å². The summed E-state index contributed by atoms with van der Waals surface area (Å²) in [4.78, 5) is 33.3. The largest absolute Gasteiger partial charge is 0.355 e. The number of amides is 2. The highest BCUT2D eigenvalue weighted by atomic mass is 16.2. The van der Waals surface area contributed by atoms with Crippen molar-refractivity contribution in [1.82, 2.24) is 25.5 Å². The molecule has 0 radical (unpaired) electrons. The number of carbonyl (C=O) groups is 2. The fourth-order valence-electron chi connectivity index (χ4n) is 3.13. The number of nitrogens with one attached hydrogen (secondary N) is 3. The summed E-state index contributed by atoms with van der Waals surface area (Å²) < 4.78 is 0. The minimum Gasteiger partial charge on any atom is -0.355 e. The number of aromatic amines is 2. The van der Waals surface area contributed by atoms with Gasteiger partial charge in [0, 0.05) is 43.2 Å². The van der Waals surface area contributed by atoms with E-state index in [1.165, 1.54) is 0 Å². The Balaban J connectivity index is 1.40. The molecular weight excluding hydrogens is 320 g/mol. The number of fused-ring (bicyclic) bond motifs is 1. The summed E-state index contributed by atoms with van der Waals surface area (Å²) in [6, 6.07) is 7.64. The molecule has 1 aromatic carbocycles. The summed E-state index contributed by atoms with van der Waals surface area (Å²) >= 11 is 0. The fraction of sp³-hybridized carbons (Fsp3) is 0.294. The average Bonchev–Trinajstić information content (AvgIpc) is 3.34. The minimum absolute atomic E-state index is 0.0778. The van der Waals surface area contributed by atoms with Crippen LogP contribution in [0.1, 0.15) is 12.1 Å². The number of aromatic nitrogens is 4. The summed E-state index contributed by atoms with van der Waals surface area (Å²) in [7, 11) is 0. The molecule has 1 aliphatic rings. The Morgan fingerprint density at radius 3 is 3.08 bits per heavy atom. The minimum atomic E-state index is -0.357. The molecule has 0 saturated carbocycles. The monoisotopic (exact) mass is 338 g/mol. The van der Waals surface area contributed by atoms with E-state index in [1.54, 1.807) is 17.4 Å². The van der Waals surface area contributed by atoms with Crippen molar-refractivity contribution in [2.75, 3.05) is 18.0 Å². The lowest BCUT2D eigenvalue weighted by atomic mass is 10.1. The third kappa shape index (κ3) is 2.98. The molecule has 2 aromatic heterocycles. The van der Waals surface area contributed by atoms with Crippen LogP contribution in [-0.2, 0) is 16.0 Å². The number of anilines is 1. The van der Waals surface area contributed by atoms with Gasteiger partial charge in [0.2, 0.25) is 11.8 Å². The molecule has 0 unspecified atom stereocenters. The summed E-state index contributed by atoms with van der Waals surface area (Å²) in [6.07, 6.45) is 4.23. The Labute approximate surface area is 143 Å². The Morgan fingerprint density at radius 2 is 2.24 bits per heavy atom. The van der Waals surface area contributed by atoms with Crippen molar-refractivity contribution in [2.24, 2.45) is 5.92 Å². The first-order valence-electron chi connectivity index (χ1n) is 8.21. The van der Waals surface area contributed by atoms with E-state index in [-0.39, 0.29) is 24.2 Å². The Hall–Kier alpha value is -3.16. The maximum absolute atomic E-state index is 12.4. The lowest BCUT2D eigenvalue weighted by Gasteiger charge is -2.14. The number of rotatable bonds is 5. The molecule has 1 fully saturated rings. The highest BCUT2D eigenvalue weighted by molar-refractivity contribution is 6.05. The van der Waals surface area contributed by atoms with E-state index in [1.807, 2.05) is 24.3 Å². The van der Waals surface area contributed by atoms with Gasteiger partial charge in [0.25, 0.3) is 0 Å². The van der Waals surface area contributed by atoms with Crippen molar-refractivity contribution in [3.8, 4) is 0 Å². The summed E-state index contributed by atoms with van der Waals surface area (Å²) in [6.45, 7) is 0.862. The third-order valence-electron chi connectivity index (χ3n) is 4.45. The second-order valence-electron chi connectivity index (χ2n) is 6.12. The summed E-state index contributed by atoms with van der Waals surface area (Å²) in [5.41, 5.74) is 1.84. The van der Waals surface area contributed by atoms with Crippen molar-refractivity contribution in [3.05, 3.63) is 42.5 Å². The van der Waals surface area contributed by atoms with Crippen LogP contribution < -0.4 is 10.2 Å². The number of imidazole rings is 1. The lowest BCUT2D eigenvalue weighted by Crippen LogP contribution is -2.34. The standard InChI is InChI=1S/C17H18N6O2/c24-15-7-11(17(25)19-6-5-12-8-18-10-20-12)9-23(15)16-13-3-1-2-4-14(13)21-22-16/h1-4,8,10-11H,5-7,9H2,(H,18,20)(H,19,25)(H,21,22)/t11-/m0/s1. The highest BCUT2D eigenvalue weighted by Crippen LogP contribution is 2.29. The van der Waals surface area contributed by atoms with Crippen molar-refractivity contribution >= 4 is 28.5 Å². The van der Waals surface area contributed by atoms with Gasteiger partial charge in [0.05, 0.1) is 17.8 Å². The van der Waals surface area contributed by atoms with Crippen LogP contribution in [0, 0.1) is 5.92 Å². The van der Waals surface area contributed by atoms with Gasteiger partial charge in [-0.1, -0.05) is 12.1 Å². The first-order valence-corrected chi connectivity index (χ1v) is 8.21. The van der Waals surface area contributed by atoms with Crippen LogP contribution >= 0.6 is 0 Å². The molecule has 4 rings (SSSR count). The van der Waals surface area contributed by atoms with Gasteiger partial charge >= 0.3 is 0 Å². The lowest BCUT2D eigenvalue weighted by molar-refractivity contribution is -0.126. The van der Waals surface area contributed by atoms with Gasteiger partial charge in [-0.3, -0.25) is 19.6 Å². The zero-order valence-corrected chi connectivity index (χ0v) is 13.5. The number of hydrogen-bond donors (Lipinski definition) is 3. The molecular formula is C17H18N6O2. The quantitative estimate of drug-likeness (QED) is 0.645. The normalized spacial score (nSPS) is 17.4. The Morgan fingerprint density at radius 1 is 1.36 bits per heavy atom. The molecule has 1 saturated heterocycles. The van der Waals surface area contributed by atoms with Crippen molar-refractivity contribution in [3.63, 3.8) is 0 Å². The van der Waals surface area contributed by atoms with Crippen LogP contribution in [0.4, 0.5) is 5.82 Å². The molecule has 25 heavy (non-hydrogen) atoms. The maximum atomic E-state index is 12.4. The Bertz CT molecular complexity index is 901. The molecule has 2 amide bonds. The number of nitrogens with zero attached hydrogens (tertiary/aromatic N) is 3. The van der Waals surface area contributed by atoms with Crippen LogP contribution in [0.25, 0.3) is 10.9 Å². The van der Waals surface area contributed by atoms with Crippen LogP contribution in [0.2, 0.25) is 0 Å². The van der Waals surface area contributed by atoms with Crippen molar-refractivity contribution in [2.45, 2.75) is 12.8 Å². The zero-order valence-electron chi connectivity index (χ0n) is 13.5. The van der Waals surface area contributed by atoms with Crippen molar-refractivity contribution < 1.29 is 9.59 Å². The van der Waals surface area contributed by atoms with Gasteiger partial charge in [-0.25, -0.2) is 4.98 Å². The Kier molecular flexibility index (Phi) is 3.93. The molecule has 0 bridgehead atoms. The molecule has 8 heteroatoms. The molecule has 3 aromatic rings. The molecule has 3 heterocycles. The van der Waals surface area contributed by atoms with E-state index in [2.05, 4.69) is 25.5 Å². The molecule has 3 N–H and O–H groups in total. The first-order chi connectivity index (χ1) is 12.2. The summed E-state index contributed by atoms with van der Waals surface area (Å²) in [5.74, 6) is 0.0549. The van der Waals surface area contributed by atoms with E-state index >= 15 is 0 Å². The predicted molar refractivity (Wildman–Crippen MR) is 91.9 cm³/mol. The number of para-hydroxylation sites is 1. The summed E-state index contributed by atoms with van der Waals surface area (Å²) in [5, 5.41) is 11.0. The van der Waals surface area contributed by atoms with Gasteiger partial charge in [0.1, 0.15) is 0 Å². The van der Waals surface area contributed by atoms with E-state index < -0.39 is 0 Å². The number of carbonyl (C=O) groups excluding carboxylic acids is 2. The van der Waals surface area contributed by atoms with Gasteiger partial charge in [-0.15, -0.1) is 0 Å². The van der Waals surface area contributed by atoms with Gasteiger partial charge in [0.15, 0.2) is 5.82 Å². The first kappa shape index (κ1) is 15.4. The SMILES string of the molecule is O=C(NCCc1cnc[nH]1)[C@H]1CC(=O)N(c2n[nH]c3ccccc23)C1. The molecule has 8 nitrogen and oxygen atoms in total. The maximum Gasteiger partial charge on any atom is 0.229 e. The van der Waals surface area contributed by atoms with Crippen LogP contribution in [0.15, 0.2) is 36.8 Å². The van der Waals surface area contributed by atoms with Gasteiger partial charge < -0.3 is 10.3 Å². The predicted octanol–water partition coefficient (Wildman–Crippen LogP) is 0.998. The molecule has 0 aliphatic carbocycles. The van der Waals surface area contributed by atoms with E-state index in [4.69, 9.17) is 0 Å². The van der Waals surface area contributed by atoms with Crippen LogP contribution in [0.3, 0.4) is 0 Å².